The molecule has 0 bridgehead atoms. The summed E-state index contributed by atoms with van der Waals surface area (Å²) in [5.74, 6) is -0.115. The average molecular weight is 392 g/mol. The highest BCUT2D eigenvalue weighted by Gasteiger charge is 2.55. The van der Waals surface area contributed by atoms with Gasteiger partial charge in [0.2, 0.25) is 0 Å². The first-order valence-corrected chi connectivity index (χ1v) is 9.68. The Balaban J connectivity index is 1.70. The molecule has 0 spiro atoms. The fraction of sp³-hybridized carbons (Fsp3) is 0.227. The molecule has 1 unspecified atom stereocenters. The van der Waals surface area contributed by atoms with Gasteiger partial charge in [-0.3, -0.25) is 14.6 Å². The number of amides is 2. The van der Waals surface area contributed by atoms with Crippen LogP contribution in [-0.4, -0.2) is 39.7 Å². The maximum Gasteiger partial charge on any atom is 0.256 e. The number of aromatic nitrogens is 1. The highest BCUT2D eigenvalue weighted by Crippen LogP contribution is 2.45. The van der Waals surface area contributed by atoms with Crippen LogP contribution in [0.1, 0.15) is 27.9 Å². The van der Waals surface area contributed by atoms with Gasteiger partial charge in [0.15, 0.2) is 0 Å². The number of benzene rings is 1. The SMILES string of the molecule is O=C(C1=CCC=C1)N1CCN2C(=O)c3ccncc3CC12c1ccc(Cl)cc1. The molecule has 1 aromatic carbocycles. The monoisotopic (exact) mass is 391 g/mol. The third-order valence-electron chi connectivity index (χ3n) is 5.83. The summed E-state index contributed by atoms with van der Waals surface area (Å²) in [6.45, 7) is 0.978. The summed E-state index contributed by atoms with van der Waals surface area (Å²) in [5.41, 5.74) is 2.21. The minimum absolute atomic E-state index is 0.0497. The van der Waals surface area contributed by atoms with Crippen LogP contribution in [0, 0.1) is 0 Å². The van der Waals surface area contributed by atoms with E-state index < -0.39 is 5.66 Å². The number of carbonyl (C=O) groups is 2. The van der Waals surface area contributed by atoms with Gasteiger partial charge >= 0.3 is 0 Å². The van der Waals surface area contributed by atoms with Crippen LogP contribution in [0.5, 0.6) is 0 Å². The van der Waals surface area contributed by atoms with Crippen LogP contribution in [0.3, 0.4) is 0 Å². The predicted molar refractivity (Wildman–Crippen MR) is 106 cm³/mol. The summed E-state index contributed by atoms with van der Waals surface area (Å²) in [6, 6.07) is 9.20. The number of allylic oxidation sites excluding steroid dienone is 2. The first-order chi connectivity index (χ1) is 13.6. The second-order valence-electron chi connectivity index (χ2n) is 7.24. The van der Waals surface area contributed by atoms with E-state index in [0.717, 1.165) is 17.5 Å². The molecular weight excluding hydrogens is 374 g/mol. The third kappa shape index (κ3) is 2.36. The van der Waals surface area contributed by atoms with Crippen molar-refractivity contribution in [3.05, 3.63) is 88.2 Å². The van der Waals surface area contributed by atoms with E-state index in [1.165, 1.54) is 0 Å². The Labute approximate surface area is 167 Å². The molecule has 2 aromatic rings. The zero-order valence-corrected chi connectivity index (χ0v) is 15.9. The predicted octanol–water partition coefficient (Wildman–Crippen LogP) is 3.31. The van der Waals surface area contributed by atoms with E-state index in [1.807, 2.05) is 52.3 Å². The number of pyridine rings is 1. The van der Waals surface area contributed by atoms with E-state index in [-0.39, 0.29) is 11.8 Å². The minimum Gasteiger partial charge on any atom is -0.309 e. The third-order valence-corrected chi connectivity index (χ3v) is 6.08. The second kappa shape index (κ2) is 6.31. The molecule has 1 atom stereocenters. The van der Waals surface area contributed by atoms with Gasteiger partial charge in [0.05, 0.1) is 0 Å². The van der Waals surface area contributed by atoms with Gasteiger partial charge in [-0.1, -0.05) is 42.0 Å². The van der Waals surface area contributed by atoms with E-state index in [2.05, 4.69) is 4.98 Å². The molecule has 3 heterocycles. The highest BCUT2D eigenvalue weighted by atomic mass is 35.5. The first-order valence-electron chi connectivity index (χ1n) is 9.31. The lowest BCUT2D eigenvalue weighted by molar-refractivity contribution is -0.134. The summed E-state index contributed by atoms with van der Waals surface area (Å²) in [5, 5.41) is 0.619. The van der Waals surface area contributed by atoms with Crippen LogP contribution in [0.4, 0.5) is 0 Å². The van der Waals surface area contributed by atoms with Gasteiger partial charge in [-0.25, -0.2) is 0 Å². The normalized spacial score (nSPS) is 22.9. The quantitative estimate of drug-likeness (QED) is 0.789. The molecule has 2 amide bonds. The van der Waals surface area contributed by atoms with Crippen molar-refractivity contribution in [2.75, 3.05) is 13.1 Å². The molecule has 6 heteroatoms. The fourth-order valence-electron chi connectivity index (χ4n) is 4.54. The zero-order valence-electron chi connectivity index (χ0n) is 15.1. The van der Waals surface area contributed by atoms with Crippen molar-refractivity contribution in [3.8, 4) is 0 Å². The summed E-state index contributed by atoms with van der Waals surface area (Å²) >= 11 is 6.11. The van der Waals surface area contributed by atoms with Crippen molar-refractivity contribution >= 4 is 23.4 Å². The fourth-order valence-corrected chi connectivity index (χ4v) is 4.66. The van der Waals surface area contributed by atoms with Crippen molar-refractivity contribution < 1.29 is 9.59 Å². The van der Waals surface area contributed by atoms with Crippen LogP contribution in [0.15, 0.2) is 66.5 Å². The Morgan fingerprint density at radius 3 is 2.71 bits per heavy atom. The summed E-state index contributed by atoms with van der Waals surface area (Å²) in [7, 11) is 0. The molecule has 0 radical (unpaired) electrons. The van der Waals surface area contributed by atoms with Crippen molar-refractivity contribution in [2.24, 2.45) is 0 Å². The highest BCUT2D eigenvalue weighted by molar-refractivity contribution is 6.30. The molecule has 5 rings (SSSR count). The maximum atomic E-state index is 13.4. The lowest BCUT2D eigenvalue weighted by Crippen LogP contribution is -2.58. The first kappa shape index (κ1) is 17.2. The number of fused-ring (bicyclic) bond motifs is 2. The van der Waals surface area contributed by atoms with E-state index >= 15 is 0 Å². The number of hydrogen-bond acceptors (Lipinski definition) is 3. The summed E-state index contributed by atoms with van der Waals surface area (Å²) in [6.07, 6.45) is 10.4. The largest absolute Gasteiger partial charge is 0.309 e. The number of nitrogens with zero attached hydrogens (tertiary/aromatic N) is 3. The second-order valence-corrected chi connectivity index (χ2v) is 7.68. The Morgan fingerprint density at radius 2 is 1.96 bits per heavy atom. The summed E-state index contributed by atoms with van der Waals surface area (Å²) < 4.78 is 0. The Morgan fingerprint density at radius 1 is 1.14 bits per heavy atom. The molecule has 28 heavy (non-hydrogen) atoms. The topological polar surface area (TPSA) is 53.5 Å². The molecule has 3 aliphatic rings. The van der Waals surface area contributed by atoms with E-state index in [9.17, 15) is 9.59 Å². The van der Waals surface area contributed by atoms with Gasteiger partial charge in [0.1, 0.15) is 5.66 Å². The van der Waals surface area contributed by atoms with Crippen molar-refractivity contribution in [2.45, 2.75) is 18.5 Å². The molecule has 140 valence electrons. The molecule has 1 fully saturated rings. The smallest absolute Gasteiger partial charge is 0.256 e. The van der Waals surface area contributed by atoms with Crippen molar-refractivity contribution in [1.29, 1.82) is 0 Å². The Hall–Kier alpha value is -2.92. The zero-order chi connectivity index (χ0) is 19.3. The number of hydrogen-bond donors (Lipinski definition) is 0. The van der Waals surface area contributed by atoms with Crippen LogP contribution < -0.4 is 0 Å². The molecular formula is C22H18ClN3O2. The minimum atomic E-state index is -0.869. The van der Waals surface area contributed by atoms with Crippen LogP contribution in [-0.2, 0) is 16.9 Å². The Kier molecular flexibility index (Phi) is 3.88. The molecule has 0 saturated carbocycles. The van der Waals surface area contributed by atoms with Gasteiger partial charge in [-0.15, -0.1) is 0 Å². The van der Waals surface area contributed by atoms with E-state index in [0.29, 0.717) is 35.7 Å². The van der Waals surface area contributed by atoms with Gasteiger partial charge in [-0.05, 0) is 35.7 Å². The molecule has 1 aromatic heterocycles. The van der Waals surface area contributed by atoms with Crippen LogP contribution in [0.25, 0.3) is 0 Å². The lowest BCUT2D eigenvalue weighted by atomic mass is 9.84. The van der Waals surface area contributed by atoms with Gasteiger partial charge < -0.3 is 9.80 Å². The van der Waals surface area contributed by atoms with E-state index in [4.69, 9.17) is 11.6 Å². The lowest BCUT2D eigenvalue weighted by Gasteiger charge is -2.47. The molecule has 2 aliphatic heterocycles. The molecule has 0 N–H and O–H groups in total. The molecule has 1 aliphatic carbocycles. The van der Waals surface area contributed by atoms with Gasteiger partial charge in [0.25, 0.3) is 11.8 Å². The average Bonchev–Trinajstić information content (AvgIpc) is 3.37. The number of carbonyl (C=O) groups excluding carboxylic acids is 2. The van der Waals surface area contributed by atoms with Crippen LogP contribution in [0.2, 0.25) is 5.02 Å². The molecule has 5 nitrogen and oxygen atoms in total. The van der Waals surface area contributed by atoms with Crippen LogP contribution >= 0.6 is 11.6 Å². The maximum absolute atomic E-state index is 13.4. The van der Waals surface area contributed by atoms with E-state index in [1.54, 1.807) is 18.5 Å². The standard InChI is InChI=1S/C22H18ClN3O2/c23-18-7-5-17(6-8-18)22-13-16-14-24-10-9-19(16)21(28)26(22)12-11-25(22)20(27)15-3-1-2-4-15/h1,3-10,14H,2,11-13H2. The number of rotatable bonds is 2. The van der Waals surface area contributed by atoms with Crippen molar-refractivity contribution in [1.82, 2.24) is 14.8 Å². The molecule has 1 saturated heterocycles. The Bertz CT molecular complexity index is 1040. The van der Waals surface area contributed by atoms with Gasteiger partial charge in [0, 0.05) is 48.1 Å². The van der Waals surface area contributed by atoms with Gasteiger partial charge in [-0.2, -0.15) is 0 Å². The summed E-state index contributed by atoms with van der Waals surface area (Å²) in [4.78, 5) is 34.6. The van der Waals surface area contributed by atoms with Crippen molar-refractivity contribution in [3.63, 3.8) is 0 Å². The number of halogens is 1.